The van der Waals surface area contributed by atoms with Gasteiger partial charge in [0.05, 0.1) is 20.6 Å². The minimum atomic E-state index is -1.75. The molecule has 0 aromatic heterocycles. The molecule has 34 heavy (non-hydrogen) atoms. The molecule has 1 aliphatic heterocycles. The first-order valence-corrected chi connectivity index (χ1v) is 12.8. The molecule has 2 fully saturated rings. The summed E-state index contributed by atoms with van der Waals surface area (Å²) in [7, 11) is 4.36. The molecule has 6 nitrogen and oxygen atoms in total. The molecule has 3 N–H and O–H groups in total. The lowest BCUT2D eigenvalue weighted by atomic mass is 9.78. The lowest BCUT2D eigenvalue weighted by Crippen LogP contribution is -2.54. The van der Waals surface area contributed by atoms with E-state index in [-0.39, 0.29) is 18.2 Å². The summed E-state index contributed by atoms with van der Waals surface area (Å²) in [5.41, 5.74) is 0.335. The number of carbonyl (C=O) groups excluding carboxylic acids is 1. The van der Waals surface area contributed by atoms with Crippen LogP contribution >= 0.6 is 0 Å². The molecular formula is C28H41N2O4+. The Morgan fingerprint density at radius 2 is 1.74 bits per heavy atom. The van der Waals surface area contributed by atoms with Gasteiger partial charge in [-0.1, -0.05) is 55.3 Å². The number of piperidine rings is 1. The summed E-state index contributed by atoms with van der Waals surface area (Å²) in [6.45, 7) is 3.08. The normalized spacial score (nSPS) is 23.6. The van der Waals surface area contributed by atoms with Gasteiger partial charge in [0.1, 0.15) is 6.54 Å². The fourth-order valence-corrected chi connectivity index (χ4v) is 6.34. The highest BCUT2D eigenvalue weighted by Crippen LogP contribution is 2.42. The first kappa shape index (κ1) is 25.1. The second-order valence-corrected chi connectivity index (χ2v) is 11.4. The molecule has 0 radical (unpaired) electrons. The molecule has 0 spiro atoms. The summed E-state index contributed by atoms with van der Waals surface area (Å²) in [6, 6.07) is 9.53. The number of aliphatic hydroxyl groups is 3. The van der Waals surface area contributed by atoms with Gasteiger partial charge in [-0.15, -0.1) is 0 Å². The number of hydrogen-bond acceptors (Lipinski definition) is 4. The zero-order valence-corrected chi connectivity index (χ0v) is 20.7. The molecule has 6 heteroatoms. The monoisotopic (exact) mass is 469 g/mol. The van der Waals surface area contributed by atoms with Crippen LogP contribution in [0.25, 0.3) is 0 Å². The Labute approximate surface area is 203 Å². The molecule has 1 aromatic rings. The highest BCUT2D eigenvalue weighted by atomic mass is 16.5. The standard InChI is InChI=1S/C28H41N2O4/c1-30(2,21-23-9-8-16-27(32,33)19-23)20-22-14-17-29(18-15-22)26(31)28(34,25-12-6-7-13-25)24-10-4-3-5-11-24/h3-5,8-11,16,22,25,32-34H,6-7,12-15,17-21H2,1-2H3/q+1. The number of rotatable bonds is 7. The molecule has 1 unspecified atom stereocenters. The Morgan fingerprint density at radius 3 is 2.35 bits per heavy atom. The van der Waals surface area contributed by atoms with Crippen LogP contribution in [-0.2, 0) is 10.4 Å². The molecule has 4 rings (SSSR count). The van der Waals surface area contributed by atoms with Crippen LogP contribution in [0.5, 0.6) is 0 Å². The number of carbonyl (C=O) groups is 1. The van der Waals surface area contributed by atoms with E-state index in [4.69, 9.17) is 0 Å². The first-order valence-electron chi connectivity index (χ1n) is 12.8. The molecule has 1 amide bonds. The third-order valence-corrected chi connectivity index (χ3v) is 7.95. The van der Waals surface area contributed by atoms with Crippen LogP contribution < -0.4 is 0 Å². The zero-order chi connectivity index (χ0) is 24.4. The molecule has 2 aliphatic carbocycles. The smallest absolute Gasteiger partial charge is 0.259 e. The predicted molar refractivity (Wildman–Crippen MR) is 132 cm³/mol. The van der Waals surface area contributed by atoms with Gasteiger partial charge in [0.15, 0.2) is 11.4 Å². The van der Waals surface area contributed by atoms with E-state index in [1.54, 1.807) is 6.08 Å². The second-order valence-electron chi connectivity index (χ2n) is 11.4. The van der Waals surface area contributed by atoms with Gasteiger partial charge in [0.2, 0.25) is 0 Å². The fourth-order valence-electron chi connectivity index (χ4n) is 6.34. The highest BCUT2D eigenvalue weighted by Gasteiger charge is 2.48. The lowest BCUT2D eigenvalue weighted by Gasteiger charge is -2.42. The summed E-state index contributed by atoms with van der Waals surface area (Å²) < 4.78 is 0.768. The number of amides is 1. The Bertz CT molecular complexity index is 910. The van der Waals surface area contributed by atoms with Gasteiger partial charge in [-0.2, -0.15) is 0 Å². The average Bonchev–Trinajstić information content (AvgIpc) is 3.33. The van der Waals surface area contributed by atoms with Gasteiger partial charge in [-0.25, -0.2) is 0 Å². The number of likely N-dealkylation sites (N-methyl/N-ethyl adjacent to an activating group) is 1. The molecule has 1 aromatic carbocycles. The number of allylic oxidation sites excluding steroid dienone is 2. The number of benzene rings is 1. The van der Waals surface area contributed by atoms with Crippen molar-refractivity contribution in [3.8, 4) is 0 Å². The SMILES string of the molecule is C[N+](C)(CC1=CC=CC(O)(O)C1)CC1CCN(C(=O)C(O)(c2ccccc2)C2CCCC2)CC1. The Morgan fingerprint density at radius 1 is 1.09 bits per heavy atom. The van der Waals surface area contributed by atoms with E-state index in [0.29, 0.717) is 19.0 Å². The molecular weight excluding hydrogens is 428 g/mol. The summed E-state index contributed by atoms with van der Waals surface area (Å²) in [5.74, 6) is -1.40. The van der Waals surface area contributed by atoms with E-state index < -0.39 is 11.4 Å². The van der Waals surface area contributed by atoms with Gasteiger partial charge < -0.3 is 24.7 Å². The van der Waals surface area contributed by atoms with Crippen LogP contribution in [0.2, 0.25) is 0 Å². The Hall–Kier alpha value is -1.99. The van der Waals surface area contributed by atoms with Gasteiger partial charge in [-0.05, 0) is 42.9 Å². The van der Waals surface area contributed by atoms with Crippen molar-refractivity contribution in [1.82, 2.24) is 4.90 Å². The quantitative estimate of drug-likeness (QED) is 0.424. The average molecular weight is 470 g/mol. The highest BCUT2D eigenvalue weighted by molar-refractivity contribution is 5.87. The number of nitrogens with zero attached hydrogens (tertiary/aromatic N) is 2. The molecule has 186 valence electrons. The van der Waals surface area contributed by atoms with Crippen LogP contribution in [0.3, 0.4) is 0 Å². The number of quaternary nitrogens is 1. The first-order chi connectivity index (χ1) is 16.1. The Kier molecular flexibility index (Phi) is 7.34. The maximum Gasteiger partial charge on any atom is 0.259 e. The third-order valence-electron chi connectivity index (χ3n) is 7.95. The molecule has 1 saturated carbocycles. The zero-order valence-electron chi connectivity index (χ0n) is 20.7. The van der Waals surface area contributed by atoms with E-state index in [9.17, 15) is 20.1 Å². The second kappa shape index (κ2) is 9.94. The van der Waals surface area contributed by atoms with Crippen LogP contribution in [0.1, 0.15) is 50.5 Å². The van der Waals surface area contributed by atoms with Gasteiger partial charge in [0.25, 0.3) is 5.91 Å². The van der Waals surface area contributed by atoms with E-state index in [1.807, 2.05) is 41.3 Å². The van der Waals surface area contributed by atoms with E-state index in [2.05, 4.69) is 14.1 Å². The molecule has 0 bridgehead atoms. The van der Waals surface area contributed by atoms with E-state index in [0.717, 1.165) is 67.2 Å². The predicted octanol–water partition coefficient (Wildman–Crippen LogP) is 2.95. The largest absolute Gasteiger partial charge is 0.375 e. The van der Waals surface area contributed by atoms with E-state index >= 15 is 0 Å². The molecule has 1 atom stereocenters. The van der Waals surface area contributed by atoms with Gasteiger partial charge in [-0.3, -0.25) is 4.79 Å². The van der Waals surface area contributed by atoms with Crippen LogP contribution in [0.4, 0.5) is 0 Å². The van der Waals surface area contributed by atoms with Crippen LogP contribution in [-0.4, -0.2) is 76.7 Å². The molecule has 1 saturated heterocycles. The van der Waals surface area contributed by atoms with Crippen molar-refractivity contribution in [2.24, 2.45) is 11.8 Å². The maximum atomic E-state index is 13.7. The topological polar surface area (TPSA) is 81.0 Å². The Balaban J connectivity index is 1.37. The fraction of sp³-hybridized carbons (Fsp3) is 0.607. The van der Waals surface area contributed by atoms with Crippen molar-refractivity contribution in [2.75, 3.05) is 40.3 Å². The molecule has 1 heterocycles. The van der Waals surface area contributed by atoms with Crippen molar-refractivity contribution in [3.05, 3.63) is 59.7 Å². The minimum Gasteiger partial charge on any atom is -0.375 e. The van der Waals surface area contributed by atoms with Gasteiger partial charge in [0, 0.05) is 31.3 Å². The number of likely N-dealkylation sites (tertiary alicyclic amines) is 1. The van der Waals surface area contributed by atoms with Crippen molar-refractivity contribution in [2.45, 2.75) is 56.3 Å². The molecule has 3 aliphatic rings. The van der Waals surface area contributed by atoms with Crippen molar-refractivity contribution in [1.29, 1.82) is 0 Å². The summed E-state index contributed by atoms with van der Waals surface area (Å²) in [6.07, 6.45) is 11.2. The lowest BCUT2D eigenvalue weighted by molar-refractivity contribution is -0.889. The summed E-state index contributed by atoms with van der Waals surface area (Å²) in [5, 5.41) is 31.7. The van der Waals surface area contributed by atoms with Crippen molar-refractivity contribution < 1.29 is 24.6 Å². The van der Waals surface area contributed by atoms with Crippen LogP contribution in [0.15, 0.2) is 54.1 Å². The third kappa shape index (κ3) is 5.62. The summed E-state index contributed by atoms with van der Waals surface area (Å²) in [4.78, 5) is 15.6. The van der Waals surface area contributed by atoms with Crippen LogP contribution in [0, 0.1) is 11.8 Å². The minimum absolute atomic E-state index is 0.0151. The van der Waals surface area contributed by atoms with E-state index in [1.165, 1.54) is 6.08 Å². The van der Waals surface area contributed by atoms with Crippen molar-refractivity contribution >= 4 is 5.91 Å². The summed E-state index contributed by atoms with van der Waals surface area (Å²) >= 11 is 0. The maximum absolute atomic E-state index is 13.7. The van der Waals surface area contributed by atoms with Crippen molar-refractivity contribution in [3.63, 3.8) is 0 Å². The van der Waals surface area contributed by atoms with Gasteiger partial charge >= 0.3 is 0 Å². The number of hydrogen-bond donors (Lipinski definition) is 3.